The lowest BCUT2D eigenvalue weighted by Crippen LogP contribution is -2.26. The van der Waals surface area contributed by atoms with Crippen molar-refractivity contribution in [2.45, 2.75) is 37.2 Å². The standard InChI is InChI=1S/C14H24N2S2/c1-13(2,17)9-15-11-7-5-6-8-12(11)16-10-14(3,4)18/h5-8,15-18H,9-10H2,1-4H3. The monoisotopic (exact) mass is 284 g/mol. The lowest BCUT2D eigenvalue weighted by molar-refractivity contribution is 0.752. The molecule has 0 fully saturated rings. The smallest absolute Gasteiger partial charge is 0.0576 e. The van der Waals surface area contributed by atoms with E-state index in [1.54, 1.807) is 0 Å². The van der Waals surface area contributed by atoms with E-state index in [0.29, 0.717) is 0 Å². The minimum Gasteiger partial charge on any atom is -0.382 e. The number of benzene rings is 1. The topological polar surface area (TPSA) is 24.1 Å². The van der Waals surface area contributed by atoms with Gasteiger partial charge in [-0.05, 0) is 39.8 Å². The lowest BCUT2D eigenvalue weighted by atomic mass is 10.1. The first-order chi connectivity index (χ1) is 8.17. The maximum atomic E-state index is 4.52. The fourth-order valence-corrected chi connectivity index (χ4v) is 1.57. The molecule has 1 aromatic rings. The van der Waals surface area contributed by atoms with E-state index in [4.69, 9.17) is 0 Å². The maximum absolute atomic E-state index is 4.52. The van der Waals surface area contributed by atoms with Gasteiger partial charge in [-0.3, -0.25) is 0 Å². The molecule has 0 radical (unpaired) electrons. The van der Waals surface area contributed by atoms with Crippen molar-refractivity contribution in [3.63, 3.8) is 0 Å². The highest BCUT2D eigenvalue weighted by Crippen LogP contribution is 2.24. The summed E-state index contributed by atoms with van der Waals surface area (Å²) < 4.78 is -0.0636. The fraction of sp³-hybridized carbons (Fsp3) is 0.571. The molecule has 2 nitrogen and oxygen atoms in total. The molecule has 0 bridgehead atoms. The molecular weight excluding hydrogens is 260 g/mol. The Kier molecular flexibility index (Phi) is 5.29. The molecule has 0 aliphatic carbocycles. The normalized spacial score (nSPS) is 12.3. The summed E-state index contributed by atoms with van der Waals surface area (Å²) in [4.78, 5) is 0. The maximum Gasteiger partial charge on any atom is 0.0576 e. The minimum atomic E-state index is -0.0318. The van der Waals surface area contributed by atoms with Gasteiger partial charge in [-0.1, -0.05) is 12.1 Å². The first-order valence-electron chi connectivity index (χ1n) is 6.19. The van der Waals surface area contributed by atoms with Gasteiger partial charge in [0.2, 0.25) is 0 Å². The number of hydrogen-bond acceptors (Lipinski definition) is 4. The Morgan fingerprint density at radius 1 is 0.833 bits per heavy atom. The largest absolute Gasteiger partial charge is 0.382 e. The third kappa shape index (κ3) is 6.45. The van der Waals surface area contributed by atoms with Crippen molar-refractivity contribution in [2.75, 3.05) is 23.7 Å². The van der Waals surface area contributed by atoms with Crippen LogP contribution < -0.4 is 10.6 Å². The fourth-order valence-electron chi connectivity index (χ4n) is 1.41. The summed E-state index contributed by atoms with van der Waals surface area (Å²) >= 11 is 9.04. The third-order valence-corrected chi connectivity index (χ3v) is 2.67. The van der Waals surface area contributed by atoms with Crippen molar-refractivity contribution >= 4 is 36.6 Å². The van der Waals surface area contributed by atoms with Crippen LogP contribution >= 0.6 is 25.3 Å². The van der Waals surface area contributed by atoms with Gasteiger partial charge in [0.25, 0.3) is 0 Å². The summed E-state index contributed by atoms with van der Waals surface area (Å²) in [6, 6.07) is 8.22. The Bertz CT molecular complexity index is 341. The van der Waals surface area contributed by atoms with Crippen LogP contribution in [0.1, 0.15) is 27.7 Å². The van der Waals surface area contributed by atoms with Crippen molar-refractivity contribution in [1.82, 2.24) is 0 Å². The van der Waals surface area contributed by atoms with E-state index in [9.17, 15) is 0 Å². The number of nitrogens with one attached hydrogen (secondary N) is 2. The van der Waals surface area contributed by atoms with E-state index in [-0.39, 0.29) is 9.49 Å². The second-order valence-electron chi connectivity index (χ2n) is 5.88. The quantitative estimate of drug-likeness (QED) is 0.595. The highest BCUT2D eigenvalue weighted by molar-refractivity contribution is 7.82. The molecule has 0 spiro atoms. The van der Waals surface area contributed by atoms with E-state index in [1.165, 1.54) is 0 Å². The van der Waals surface area contributed by atoms with Gasteiger partial charge >= 0.3 is 0 Å². The Morgan fingerprint density at radius 2 is 1.17 bits per heavy atom. The van der Waals surface area contributed by atoms with Crippen molar-refractivity contribution in [3.8, 4) is 0 Å². The number of para-hydroxylation sites is 2. The van der Waals surface area contributed by atoms with E-state index < -0.39 is 0 Å². The summed E-state index contributed by atoms with van der Waals surface area (Å²) in [5.74, 6) is 0. The summed E-state index contributed by atoms with van der Waals surface area (Å²) in [7, 11) is 0. The Morgan fingerprint density at radius 3 is 1.44 bits per heavy atom. The highest BCUT2D eigenvalue weighted by Gasteiger charge is 2.14. The van der Waals surface area contributed by atoms with Crippen LogP contribution in [0.25, 0.3) is 0 Å². The lowest BCUT2D eigenvalue weighted by Gasteiger charge is -2.23. The summed E-state index contributed by atoms with van der Waals surface area (Å²) in [6.07, 6.45) is 0. The van der Waals surface area contributed by atoms with Gasteiger partial charge in [-0.25, -0.2) is 0 Å². The summed E-state index contributed by atoms with van der Waals surface area (Å²) in [5.41, 5.74) is 2.22. The molecule has 0 aromatic heterocycles. The molecule has 102 valence electrons. The Balaban J connectivity index is 2.68. The van der Waals surface area contributed by atoms with Gasteiger partial charge in [-0.15, -0.1) is 0 Å². The first kappa shape index (κ1) is 15.6. The molecule has 1 rings (SSSR count). The second-order valence-corrected chi connectivity index (χ2v) is 8.30. The molecule has 0 saturated carbocycles. The van der Waals surface area contributed by atoms with E-state index in [1.807, 2.05) is 12.1 Å². The molecule has 0 amide bonds. The van der Waals surface area contributed by atoms with E-state index in [0.717, 1.165) is 24.5 Å². The molecule has 0 aliphatic rings. The molecule has 0 atom stereocenters. The number of hydrogen-bond donors (Lipinski definition) is 4. The van der Waals surface area contributed by atoms with Crippen LogP contribution in [0.5, 0.6) is 0 Å². The Hall–Kier alpha value is -0.480. The zero-order valence-corrected chi connectivity index (χ0v) is 13.4. The van der Waals surface area contributed by atoms with Crippen LogP contribution in [0.4, 0.5) is 11.4 Å². The highest BCUT2D eigenvalue weighted by atomic mass is 32.1. The van der Waals surface area contributed by atoms with Crippen LogP contribution in [0.15, 0.2) is 24.3 Å². The zero-order chi connectivity index (χ0) is 13.8. The molecular formula is C14H24N2S2. The van der Waals surface area contributed by atoms with Gasteiger partial charge in [0.15, 0.2) is 0 Å². The third-order valence-electron chi connectivity index (χ3n) is 2.35. The first-order valence-corrected chi connectivity index (χ1v) is 7.08. The molecule has 1 aromatic carbocycles. The van der Waals surface area contributed by atoms with Crippen LogP contribution in [0.3, 0.4) is 0 Å². The molecule has 2 N–H and O–H groups in total. The van der Waals surface area contributed by atoms with Gasteiger partial charge in [0, 0.05) is 22.6 Å². The predicted octanol–water partition coefficient (Wildman–Crippen LogP) is 3.93. The van der Waals surface area contributed by atoms with Crippen LogP contribution in [0.2, 0.25) is 0 Å². The second kappa shape index (κ2) is 6.11. The predicted molar refractivity (Wildman–Crippen MR) is 89.6 cm³/mol. The SMILES string of the molecule is CC(C)(S)CNc1ccccc1NCC(C)(C)S. The van der Waals surface area contributed by atoms with Gasteiger partial charge in [0.05, 0.1) is 11.4 Å². The van der Waals surface area contributed by atoms with Crippen LogP contribution in [-0.2, 0) is 0 Å². The van der Waals surface area contributed by atoms with Gasteiger partial charge < -0.3 is 10.6 Å². The number of thiol groups is 2. The zero-order valence-electron chi connectivity index (χ0n) is 11.6. The summed E-state index contributed by atoms with van der Waals surface area (Å²) in [6.45, 7) is 10.0. The molecule has 0 heterocycles. The number of anilines is 2. The average Bonchev–Trinajstić information content (AvgIpc) is 2.22. The Labute approximate surface area is 122 Å². The van der Waals surface area contributed by atoms with Crippen molar-refractivity contribution in [1.29, 1.82) is 0 Å². The van der Waals surface area contributed by atoms with Crippen molar-refractivity contribution in [3.05, 3.63) is 24.3 Å². The van der Waals surface area contributed by atoms with E-state index >= 15 is 0 Å². The summed E-state index contributed by atoms with van der Waals surface area (Å²) in [5, 5.41) is 6.85. The minimum absolute atomic E-state index is 0.0318. The van der Waals surface area contributed by atoms with E-state index in [2.05, 4.69) is 75.7 Å². The van der Waals surface area contributed by atoms with Crippen molar-refractivity contribution in [2.24, 2.45) is 0 Å². The molecule has 0 unspecified atom stereocenters. The van der Waals surface area contributed by atoms with Crippen LogP contribution in [-0.4, -0.2) is 22.6 Å². The number of rotatable bonds is 6. The average molecular weight is 284 g/mol. The van der Waals surface area contributed by atoms with Crippen molar-refractivity contribution < 1.29 is 0 Å². The molecule has 0 saturated heterocycles. The molecule has 4 heteroatoms. The van der Waals surface area contributed by atoms with Gasteiger partial charge in [0.1, 0.15) is 0 Å². The molecule has 18 heavy (non-hydrogen) atoms. The van der Waals surface area contributed by atoms with Gasteiger partial charge in [-0.2, -0.15) is 25.3 Å². The molecule has 0 aliphatic heterocycles. The van der Waals surface area contributed by atoms with Crippen LogP contribution in [0, 0.1) is 0 Å².